The van der Waals surface area contributed by atoms with Crippen molar-refractivity contribution in [2.75, 3.05) is 31.1 Å². The van der Waals surface area contributed by atoms with Crippen LogP contribution < -0.4 is 15.0 Å². The third-order valence-electron chi connectivity index (χ3n) is 4.23. The first-order valence-corrected chi connectivity index (χ1v) is 7.40. The minimum Gasteiger partial charge on any atom is -0.463 e. The van der Waals surface area contributed by atoms with Crippen LogP contribution in [0.1, 0.15) is 32.6 Å². The zero-order chi connectivity index (χ0) is 13.1. The summed E-state index contributed by atoms with van der Waals surface area (Å²) in [6, 6.07) is 1.20. The van der Waals surface area contributed by atoms with E-state index in [0.717, 1.165) is 31.0 Å². The molecule has 2 fully saturated rings. The van der Waals surface area contributed by atoms with Crippen molar-refractivity contribution in [3.8, 4) is 6.01 Å². The summed E-state index contributed by atoms with van der Waals surface area (Å²) in [5.41, 5.74) is 0. The van der Waals surface area contributed by atoms with Crippen LogP contribution in [0.25, 0.3) is 0 Å². The molecule has 0 saturated carbocycles. The molecule has 2 aliphatic rings. The molecule has 0 aromatic carbocycles. The fraction of sp³-hybridized carbons (Fsp3) is 0.846. The third kappa shape index (κ3) is 2.83. The molecule has 1 aromatic heterocycles. The second-order valence-electron chi connectivity index (χ2n) is 5.40. The van der Waals surface area contributed by atoms with Crippen LogP contribution in [0.2, 0.25) is 0 Å². The number of aromatic amines is 1. The van der Waals surface area contributed by atoms with Crippen molar-refractivity contribution in [3.63, 3.8) is 0 Å². The van der Waals surface area contributed by atoms with Crippen molar-refractivity contribution in [1.29, 1.82) is 0 Å². The van der Waals surface area contributed by atoms with E-state index in [0.29, 0.717) is 12.6 Å². The van der Waals surface area contributed by atoms with Gasteiger partial charge in [-0.15, -0.1) is 5.10 Å². The van der Waals surface area contributed by atoms with E-state index in [1.807, 2.05) is 6.92 Å². The van der Waals surface area contributed by atoms with Crippen molar-refractivity contribution in [2.45, 2.75) is 38.6 Å². The molecule has 1 atom stereocenters. The van der Waals surface area contributed by atoms with E-state index in [1.54, 1.807) is 0 Å². The predicted molar refractivity (Wildman–Crippen MR) is 73.5 cm³/mol. The molecule has 0 bridgehead atoms. The molecular weight excluding hydrogens is 242 g/mol. The average molecular weight is 265 g/mol. The lowest BCUT2D eigenvalue weighted by Gasteiger charge is -2.34. The molecule has 0 amide bonds. The summed E-state index contributed by atoms with van der Waals surface area (Å²) in [4.78, 5) is 6.65. The van der Waals surface area contributed by atoms with Crippen molar-refractivity contribution in [2.24, 2.45) is 5.92 Å². The number of H-pyrrole nitrogens is 1. The Morgan fingerprint density at radius 1 is 1.32 bits per heavy atom. The van der Waals surface area contributed by atoms with Crippen LogP contribution in [-0.2, 0) is 0 Å². The smallest absolute Gasteiger partial charge is 0.337 e. The van der Waals surface area contributed by atoms with Gasteiger partial charge in [-0.1, -0.05) is 0 Å². The van der Waals surface area contributed by atoms with Gasteiger partial charge in [-0.05, 0) is 45.1 Å². The van der Waals surface area contributed by atoms with E-state index in [9.17, 15) is 0 Å². The Labute approximate surface area is 113 Å². The summed E-state index contributed by atoms with van der Waals surface area (Å²) in [6.45, 7) is 5.86. The van der Waals surface area contributed by atoms with Gasteiger partial charge >= 0.3 is 6.01 Å². The zero-order valence-electron chi connectivity index (χ0n) is 11.6. The van der Waals surface area contributed by atoms with Gasteiger partial charge in [0.25, 0.3) is 0 Å². The third-order valence-corrected chi connectivity index (χ3v) is 4.23. The largest absolute Gasteiger partial charge is 0.463 e. The second kappa shape index (κ2) is 5.77. The molecule has 6 nitrogen and oxygen atoms in total. The average Bonchev–Trinajstić information content (AvgIpc) is 3.10. The quantitative estimate of drug-likeness (QED) is 0.855. The molecule has 2 saturated heterocycles. The number of hydrogen-bond acceptors (Lipinski definition) is 5. The second-order valence-corrected chi connectivity index (χ2v) is 5.40. The number of rotatable bonds is 4. The molecule has 3 heterocycles. The first-order chi connectivity index (χ1) is 9.36. The molecule has 0 radical (unpaired) electrons. The van der Waals surface area contributed by atoms with Gasteiger partial charge in [-0.2, -0.15) is 4.98 Å². The Balaban J connectivity index is 1.53. The fourth-order valence-corrected chi connectivity index (χ4v) is 3.20. The van der Waals surface area contributed by atoms with Gasteiger partial charge in [0.05, 0.1) is 6.61 Å². The van der Waals surface area contributed by atoms with Gasteiger partial charge in [0.1, 0.15) is 0 Å². The lowest BCUT2D eigenvalue weighted by atomic mass is 9.89. The van der Waals surface area contributed by atoms with Crippen molar-refractivity contribution in [1.82, 2.24) is 20.5 Å². The van der Waals surface area contributed by atoms with Gasteiger partial charge in [0.15, 0.2) is 0 Å². The highest BCUT2D eigenvalue weighted by molar-refractivity contribution is 5.30. The molecule has 1 unspecified atom stereocenters. The lowest BCUT2D eigenvalue weighted by Crippen LogP contribution is -2.41. The van der Waals surface area contributed by atoms with E-state index in [2.05, 4.69) is 25.4 Å². The summed E-state index contributed by atoms with van der Waals surface area (Å²) >= 11 is 0. The van der Waals surface area contributed by atoms with E-state index in [1.165, 1.54) is 32.2 Å². The number of nitrogens with one attached hydrogen (secondary N) is 2. The van der Waals surface area contributed by atoms with Gasteiger partial charge in [0, 0.05) is 19.1 Å². The molecular formula is C13H23N5O. The zero-order valence-corrected chi connectivity index (χ0v) is 11.6. The molecule has 106 valence electrons. The molecule has 6 heteroatoms. The Bertz CT molecular complexity index is 393. The predicted octanol–water partition coefficient (Wildman–Crippen LogP) is 1.17. The topological polar surface area (TPSA) is 66.1 Å². The van der Waals surface area contributed by atoms with Gasteiger partial charge in [-0.3, -0.25) is 0 Å². The van der Waals surface area contributed by atoms with Crippen LogP contribution in [0.5, 0.6) is 6.01 Å². The maximum absolute atomic E-state index is 5.29. The van der Waals surface area contributed by atoms with Gasteiger partial charge in [-0.25, -0.2) is 5.10 Å². The highest BCUT2D eigenvalue weighted by atomic mass is 16.5. The van der Waals surface area contributed by atoms with Gasteiger partial charge < -0.3 is 15.0 Å². The number of hydrogen-bond donors (Lipinski definition) is 2. The van der Waals surface area contributed by atoms with Crippen LogP contribution in [0.4, 0.5) is 5.95 Å². The van der Waals surface area contributed by atoms with E-state index in [4.69, 9.17) is 4.74 Å². The fourth-order valence-electron chi connectivity index (χ4n) is 3.20. The summed E-state index contributed by atoms with van der Waals surface area (Å²) in [7, 11) is 0. The normalized spacial score (nSPS) is 24.9. The Hall–Kier alpha value is -1.30. The molecule has 2 N–H and O–H groups in total. The number of piperidine rings is 1. The SMILES string of the molecule is CCOc1n[nH]c(N2CCC(C3CCCN3)CC2)n1. The number of nitrogens with zero attached hydrogens (tertiary/aromatic N) is 3. The summed E-state index contributed by atoms with van der Waals surface area (Å²) in [5, 5.41) is 10.7. The highest BCUT2D eigenvalue weighted by Crippen LogP contribution is 2.27. The molecule has 19 heavy (non-hydrogen) atoms. The number of ether oxygens (including phenoxy) is 1. The molecule has 1 aromatic rings. The molecule has 0 spiro atoms. The van der Waals surface area contributed by atoms with Crippen molar-refractivity contribution < 1.29 is 4.74 Å². The van der Waals surface area contributed by atoms with Crippen LogP contribution in [0.3, 0.4) is 0 Å². The number of aromatic nitrogens is 3. The van der Waals surface area contributed by atoms with E-state index < -0.39 is 0 Å². The van der Waals surface area contributed by atoms with Crippen molar-refractivity contribution >= 4 is 5.95 Å². The number of anilines is 1. The Morgan fingerprint density at radius 3 is 2.84 bits per heavy atom. The van der Waals surface area contributed by atoms with Crippen LogP contribution >= 0.6 is 0 Å². The first kappa shape index (κ1) is 12.7. The first-order valence-electron chi connectivity index (χ1n) is 7.40. The maximum atomic E-state index is 5.29. The molecule has 3 rings (SSSR count). The van der Waals surface area contributed by atoms with Crippen molar-refractivity contribution in [3.05, 3.63) is 0 Å². The van der Waals surface area contributed by atoms with E-state index >= 15 is 0 Å². The van der Waals surface area contributed by atoms with Crippen LogP contribution in [-0.4, -0.2) is 47.5 Å². The monoisotopic (exact) mass is 265 g/mol. The lowest BCUT2D eigenvalue weighted by molar-refractivity contribution is 0.312. The maximum Gasteiger partial charge on any atom is 0.337 e. The standard InChI is InChI=1S/C13H23N5O/c1-2-19-13-15-12(16-17-13)18-8-5-10(6-9-18)11-4-3-7-14-11/h10-11,14H,2-9H2,1H3,(H,15,16,17). The Kier molecular flexibility index (Phi) is 3.87. The Morgan fingerprint density at radius 2 is 2.16 bits per heavy atom. The van der Waals surface area contributed by atoms with Crippen LogP contribution in [0.15, 0.2) is 0 Å². The van der Waals surface area contributed by atoms with E-state index in [-0.39, 0.29) is 0 Å². The highest BCUT2D eigenvalue weighted by Gasteiger charge is 2.29. The summed E-state index contributed by atoms with van der Waals surface area (Å²) in [6.07, 6.45) is 5.16. The minimum absolute atomic E-state index is 0.456. The summed E-state index contributed by atoms with van der Waals surface area (Å²) < 4.78 is 5.29. The van der Waals surface area contributed by atoms with Crippen LogP contribution in [0, 0.1) is 5.92 Å². The molecule has 0 aliphatic carbocycles. The summed E-state index contributed by atoms with van der Waals surface area (Å²) in [5.74, 6) is 1.68. The molecule has 2 aliphatic heterocycles. The minimum atomic E-state index is 0.456. The van der Waals surface area contributed by atoms with Gasteiger partial charge in [0.2, 0.25) is 5.95 Å².